The number of carbonyl (C=O) groups is 1. The minimum atomic E-state index is 0. The van der Waals surface area contributed by atoms with E-state index < -0.39 is 0 Å². The van der Waals surface area contributed by atoms with Gasteiger partial charge < -0.3 is 4.90 Å². The maximum atomic E-state index is 12.4. The summed E-state index contributed by atoms with van der Waals surface area (Å²) in [6, 6.07) is 10.8. The number of hydrogen-bond acceptors (Lipinski definition) is 3. The minimum absolute atomic E-state index is 0. The first-order chi connectivity index (χ1) is 9.84. The second-order valence-corrected chi connectivity index (χ2v) is 6.67. The van der Waals surface area contributed by atoms with Crippen LogP contribution < -0.4 is 5.32 Å². The van der Waals surface area contributed by atoms with Gasteiger partial charge >= 0.3 is 0 Å². The molecule has 3 nitrogen and oxygen atoms in total. The van der Waals surface area contributed by atoms with Gasteiger partial charge in [0.2, 0.25) is 5.91 Å². The van der Waals surface area contributed by atoms with Crippen molar-refractivity contribution in [2.45, 2.75) is 31.2 Å². The standard InChI is InChI=1S/C16H22N2OS.ClH/c19-16(15-11-20-12-17-15)18-9-4-7-14(8-10-18)13-5-2-1-3-6-13;/h1-3,5-6,14-15,17H,4,7-12H2;1H. The van der Waals surface area contributed by atoms with Gasteiger partial charge in [0, 0.05) is 24.7 Å². The Balaban J connectivity index is 0.00000161. The van der Waals surface area contributed by atoms with Crippen LogP contribution >= 0.6 is 24.2 Å². The normalized spacial score (nSPS) is 26.0. The Kier molecular flexibility index (Phi) is 6.40. The number of benzene rings is 1. The molecule has 0 aliphatic carbocycles. The number of amides is 1. The molecular weight excluding hydrogens is 304 g/mol. The molecule has 2 heterocycles. The van der Waals surface area contributed by atoms with Gasteiger partial charge in [0.1, 0.15) is 0 Å². The van der Waals surface area contributed by atoms with Crippen LogP contribution in [-0.4, -0.2) is 41.6 Å². The maximum absolute atomic E-state index is 12.4. The Labute approximate surface area is 137 Å². The van der Waals surface area contributed by atoms with Crippen molar-refractivity contribution in [3.63, 3.8) is 0 Å². The summed E-state index contributed by atoms with van der Waals surface area (Å²) in [4.78, 5) is 14.5. The summed E-state index contributed by atoms with van der Waals surface area (Å²) in [6.07, 6.45) is 3.40. The van der Waals surface area contributed by atoms with E-state index in [1.807, 2.05) is 11.8 Å². The average molecular weight is 327 g/mol. The van der Waals surface area contributed by atoms with Gasteiger partial charge in [0.15, 0.2) is 0 Å². The Morgan fingerprint density at radius 3 is 2.71 bits per heavy atom. The molecule has 21 heavy (non-hydrogen) atoms. The molecule has 116 valence electrons. The van der Waals surface area contributed by atoms with Crippen LogP contribution in [0.4, 0.5) is 0 Å². The Morgan fingerprint density at radius 1 is 1.19 bits per heavy atom. The van der Waals surface area contributed by atoms with Crippen molar-refractivity contribution in [2.75, 3.05) is 24.7 Å². The molecule has 0 radical (unpaired) electrons. The molecule has 3 rings (SSSR count). The quantitative estimate of drug-likeness (QED) is 0.907. The summed E-state index contributed by atoms with van der Waals surface area (Å²) in [7, 11) is 0. The highest BCUT2D eigenvalue weighted by Crippen LogP contribution is 2.28. The van der Waals surface area contributed by atoms with Gasteiger partial charge in [-0.1, -0.05) is 30.3 Å². The summed E-state index contributed by atoms with van der Waals surface area (Å²) in [5.41, 5.74) is 1.43. The second kappa shape index (κ2) is 8.06. The Hall–Kier alpha value is -0.710. The molecule has 0 saturated carbocycles. The first-order valence-corrected chi connectivity index (χ1v) is 8.65. The Bertz CT molecular complexity index is 451. The highest BCUT2D eigenvalue weighted by atomic mass is 35.5. The smallest absolute Gasteiger partial charge is 0.240 e. The van der Waals surface area contributed by atoms with E-state index in [0.717, 1.165) is 37.6 Å². The van der Waals surface area contributed by atoms with E-state index in [1.165, 1.54) is 12.0 Å². The van der Waals surface area contributed by atoms with Gasteiger partial charge in [-0.2, -0.15) is 0 Å². The van der Waals surface area contributed by atoms with Crippen molar-refractivity contribution >= 4 is 30.1 Å². The maximum Gasteiger partial charge on any atom is 0.240 e. The number of hydrogen-bond donors (Lipinski definition) is 1. The van der Waals surface area contributed by atoms with Crippen LogP contribution in [0.5, 0.6) is 0 Å². The van der Waals surface area contributed by atoms with Crippen molar-refractivity contribution < 1.29 is 4.79 Å². The molecule has 1 aromatic carbocycles. The molecule has 5 heteroatoms. The van der Waals surface area contributed by atoms with Crippen LogP contribution in [0.2, 0.25) is 0 Å². The molecule has 2 atom stereocenters. The van der Waals surface area contributed by atoms with Gasteiger partial charge in [-0.05, 0) is 30.7 Å². The molecular formula is C16H23ClN2OS. The van der Waals surface area contributed by atoms with Crippen molar-refractivity contribution in [3.05, 3.63) is 35.9 Å². The summed E-state index contributed by atoms with van der Waals surface area (Å²) in [5.74, 6) is 2.76. The monoisotopic (exact) mass is 326 g/mol. The number of nitrogens with one attached hydrogen (secondary N) is 1. The first-order valence-electron chi connectivity index (χ1n) is 7.49. The van der Waals surface area contributed by atoms with E-state index in [9.17, 15) is 4.79 Å². The van der Waals surface area contributed by atoms with Crippen LogP contribution in [-0.2, 0) is 4.79 Å². The molecule has 0 bridgehead atoms. The largest absolute Gasteiger partial charge is 0.341 e. The lowest BCUT2D eigenvalue weighted by atomic mass is 9.92. The molecule has 2 unspecified atom stereocenters. The van der Waals surface area contributed by atoms with Crippen molar-refractivity contribution in [1.82, 2.24) is 10.2 Å². The van der Waals surface area contributed by atoms with Crippen LogP contribution in [0, 0.1) is 0 Å². The number of halogens is 1. The van der Waals surface area contributed by atoms with Gasteiger partial charge in [-0.15, -0.1) is 24.2 Å². The highest BCUT2D eigenvalue weighted by Gasteiger charge is 2.29. The topological polar surface area (TPSA) is 32.3 Å². The number of carbonyl (C=O) groups excluding carboxylic acids is 1. The van der Waals surface area contributed by atoms with Gasteiger partial charge in [-0.3, -0.25) is 10.1 Å². The number of thioether (sulfide) groups is 1. The van der Waals surface area contributed by atoms with Crippen molar-refractivity contribution in [2.24, 2.45) is 0 Å². The van der Waals surface area contributed by atoms with Gasteiger partial charge in [-0.25, -0.2) is 0 Å². The second-order valence-electron chi connectivity index (χ2n) is 5.64. The van der Waals surface area contributed by atoms with Crippen LogP contribution in [0.1, 0.15) is 30.7 Å². The van der Waals surface area contributed by atoms with Gasteiger partial charge in [0.05, 0.1) is 6.04 Å². The lowest BCUT2D eigenvalue weighted by Gasteiger charge is -2.23. The van der Waals surface area contributed by atoms with Crippen molar-refractivity contribution in [3.8, 4) is 0 Å². The molecule has 1 aromatic rings. The number of rotatable bonds is 2. The zero-order chi connectivity index (χ0) is 13.8. The molecule has 2 fully saturated rings. The van der Waals surface area contributed by atoms with Gasteiger partial charge in [0.25, 0.3) is 0 Å². The fraction of sp³-hybridized carbons (Fsp3) is 0.562. The molecule has 1 amide bonds. The number of likely N-dealkylation sites (tertiary alicyclic amines) is 1. The van der Waals surface area contributed by atoms with E-state index in [2.05, 4.69) is 40.5 Å². The molecule has 1 N–H and O–H groups in total. The molecule has 2 aliphatic rings. The molecule has 2 aliphatic heterocycles. The molecule has 2 saturated heterocycles. The zero-order valence-electron chi connectivity index (χ0n) is 12.2. The van der Waals surface area contributed by atoms with E-state index in [0.29, 0.717) is 11.8 Å². The average Bonchev–Trinajstić information content (AvgIpc) is 2.92. The lowest BCUT2D eigenvalue weighted by Crippen LogP contribution is -2.45. The third kappa shape index (κ3) is 4.15. The van der Waals surface area contributed by atoms with Crippen molar-refractivity contribution in [1.29, 1.82) is 0 Å². The van der Waals surface area contributed by atoms with E-state index >= 15 is 0 Å². The fourth-order valence-corrected chi connectivity index (χ4v) is 4.08. The summed E-state index contributed by atoms with van der Waals surface area (Å²) in [5, 5.41) is 3.29. The molecule has 0 aromatic heterocycles. The zero-order valence-corrected chi connectivity index (χ0v) is 13.8. The van der Waals surface area contributed by atoms with Crippen LogP contribution in [0.25, 0.3) is 0 Å². The Morgan fingerprint density at radius 2 is 2.00 bits per heavy atom. The number of nitrogens with zero attached hydrogens (tertiary/aromatic N) is 1. The predicted molar refractivity (Wildman–Crippen MR) is 91.1 cm³/mol. The van der Waals surface area contributed by atoms with Crippen LogP contribution in [0.3, 0.4) is 0 Å². The van der Waals surface area contributed by atoms with E-state index in [4.69, 9.17) is 0 Å². The third-order valence-corrected chi connectivity index (χ3v) is 5.26. The van der Waals surface area contributed by atoms with E-state index in [-0.39, 0.29) is 18.4 Å². The summed E-state index contributed by atoms with van der Waals surface area (Å²) >= 11 is 1.82. The summed E-state index contributed by atoms with van der Waals surface area (Å²) < 4.78 is 0. The fourth-order valence-electron chi connectivity index (χ4n) is 3.15. The molecule has 0 spiro atoms. The summed E-state index contributed by atoms with van der Waals surface area (Å²) in [6.45, 7) is 1.83. The SMILES string of the molecule is Cl.O=C(C1CSCN1)N1CCCC(c2ccccc2)CC1. The predicted octanol–water partition coefficient (Wildman–Crippen LogP) is 2.87. The highest BCUT2D eigenvalue weighted by molar-refractivity contribution is 7.99. The van der Waals surface area contributed by atoms with Crippen LogP contribution in [0.15, 0.2) is 30.3 Å². The lowest BCUT2D eigenvalue weighted by molar-refractivity contribution is -0.132. The first kappa shape index (κ1) is 16.7. The third-order valence-electron chi connectivity index (χ3n) is 4.33. The van der Waals surface area contributed by atoms with E-state index in [1.54, 1.807) is 0 Å². The minimum Gasteiger partial charge on any atom is -0.341 e.